The average Bonchev–Trinajstić information content (AvgIpc) is 2.43. The smallest absolute Gasteiger partial charge is 0.322 e. The van der Waals surface area contributed by atoms with Crippen molar-refractivity contribution in [2.24, 2.45) is 11.7 Å². The highest BCUT2D eigenvalue weighted by molar-refractivity contribution is 6.28. The van der Waals surface area contributed by atoms with Crippen LogP contribution in [-0.2, 0) is 4.74 Å². The van der Waals surface area contributed by atoms with Crippen LogP contribution in [0.1, 0.15) is 12.8 Å². The minimum absolute atomic E-state index is 0.00785. The van der Waals surface area contributed by atoms with Crippen molar-refractivity contribution >= 4 is 17.5 Å². The third-order valence-corrected chi connectivity index (χ3v) is 3.91. The van der Waals surface area contributed by atoms with Crippen LogP contribution in [0.25, 0.3) is 0 Å². The van der Waals surface area contributed by atoms with Gasteiger partial charge in [0.25, 0.3) is 0 Å². The first kappa shape index (κ1) is 12.8. The molecule has 4 atom stereocenters. The van der Waals surface area contributed by atoms with Crippen LogP contribution >= 0.6 is 11.6 Å². The Morgan fingerprint density at radius 1 is 1.42 bits per heavy atom. The zero-order valence-electron chi connectivity index (χ0n) is 10.5. The summed E-state index contributed by atoms with van der Waals surface area (Å²) in [4.78, 5) is 11.9. The second-order valence-corrected chi connectivity index (χ2v) is 5.14. The van der Waals surface area contributed by atoms with E-state index in [-0.39, 0.29) is 29.5 Å². The van der Waals surface area contributed by atoms with Crippen LogP contribution in [0.4, 0.5) is 5.95 Å². The van der Waals surface area contributed by atoms with Gasteiger partial charge in [0, 0.05) is 18.6 Å². The van der Waals surface area contributed by atoms with Crippen LogP contribution in [0.5, 0.6) is 6.01 Å². The second kappa shape index (κ2) is 5.07. The maximum atomic E-state index is 6.16. The molecular formula is C11H16ClN5O2. The van der Waals surface area contributed by atoms with Crippen LogP contribution in [0.3, 0.4) is 0 Å². The monoisotopic (exact) mass is 285 g/mol. The number of hydrogen-bond donors (Lipinski definition) is 2. The van der Waals surface area contributed by atoms with Gasteiger partial charge in [0.1, 0.15) is 0 Å². The Kier molecular flexibility index (Phi) is 3.42. The van der Waals surface area contributed by atoms with Crippen molar-refractivity contribution in [3.63, 3.8) is 0 Å². The van der Waals surface area contributed by atoms with Gasteiger partial charge in [-0.2, -0.15) is 15.0 Å². The van der Waals surface area contributed by atoms with Gasteiger partial charge in [0.2, 0.25) is 11.2 Å². The quantitative estimate of drug-likeness (QED) is 0.832. The molecule has 7 nitrogen and oxygen atoms in total. The van der Waals surface area contributed by atoms with Crippen molar-refractivity contribution in [1.82, 2.24) is 15.0 Å². The number of hydrogen-bond acceptors (Lipinski definition) is 7. The average molecular weight is 286 g/mol. The number of nitrogens with zero attached hydrogens (tertiary/aromatic N) is 3. The normalized spacial score (nSPS) is 33.2. The van der Waals surface area contributed by atoms with E-state index < -0.39 is 0 Å². The Bertz CT molecular complexity index is 474. The summed E-state index contributed by atoms with van der Waals surface area (Å²) >= 11 is 5.80. The molecule has 4 unspecified atom stereocenters. The lowest BCUT2D eigenvalue weighted by atomic mass is 9.69. The number of nitrogens with one attached hydrogen (secondary N) is 1. The molecule has 104 valence electrons. The van der Waals surface area contributed by atoms with E-state index >= 15 is 0 Å². The van der Waals surface area contributed by atoms with Crippen molar-refractivity contribution in [2.45, 2.75) is 31.0 Å². The number of halogens is 1. The minimum atomic E-state index is 0.00785. The Labute approximate surface area is 115 Å². The van der Waals surface area contributed by atoms with Crippen molar-refractivity contribution in [3.05, 3.63) is 5.28 Å². The fraction of sp³-hybridized carbons (Fsp3) is 0.727. The third kappa shape index (κ3) is 2.33. The molecule has 8 heteroatoms. The molecule has 1 aromatic heterocycles. The third-order valence-electron chi connectivity index (χ3n) is 3.74. The predicted molar refractivity (Wildman–Crippen MR) is 69.2 cm³/mol. The van der Waals surface area contributed by atoms with Gasteiger partial charge in [0.15, 0.2) is 0 Å². The number of anilines is 1. The fourth-order valence-electron chi connectivity index (χ4n) is 2.76. The first-order valence-corrected chi connectivity index (χ1v) is 6.66. The van der Waals surface area contributed by atoms with E-state index in [1.165, 1.54) is 7.11 Å². The van der Waals surface area contributed by atoms with E-state index in [2.05, 4.69) is 20.3 Å². The lowest BCUT2D eigenvalue weighted by molar-refractivity contribution is -0.104. The molecule has 2 heterocycles. The number of ether oxygens (including phenoxy) is 2. The summed E-state index contributed by atoms with van der Waals surface area (Å²) in [6, 6.07) is 0.233. The number of nitrogens with two attached hydrogens (primary N) is 1. The van der Waals surface area contributed by atoms with Crippen molar-refractivity contribution in [2.75, 3.05) is 19.0 Å². The number of rotatable bonds is 3. The molecule has 0 radical (unpaired) electrons. The predicted octanol–water partition coefficient (Wildman–Crippen LogP) is 0.450. The Morgan fingerprint density at radius 3 is 3.05 bits per heavy atom. The lowest BCUT2D eigenvalue weighted by Gasteiger charge is -2.52. The molecule has 0 amide bonds. The van der Waals surface area contributed by atoms with E-state index in [0.29, 0.717) is 11.9 Å². The van der Waals surface area contributed by atoms with Crippen LogP contribution in [-0.4, -0.2) is 46.9 Å². The molecule has 1 saturated heterocycles. The van der Waals surface area contributed by atoms with Gasteiger partial charge >= 0.3 is 6.01 Å². The molecule has 1 aliphatic carbocycles. The number of fused-ring (bicyclic) bond motifs is 1. The van der Waals surface area contributed by atoms with Gasteiger partial charge in [-0.15, -0.1) is 0 Å². The maximum absolute atomic E-state index is 6.16. The molecular weight excluding hydrogens is 270 g/mol. The summed E-state index contributed by atoms with van der Waals surface area (Å²) in [5, 5.41) is 3.25. The van der Waals surface area contributed by atoms with E-state index in [4.69, 9.17) is 26.8 Å². The first-order valence-electron chi connectivity index (χ1n) is 6.28. The van der Waals surface area contributed by atoms with Gasteiger partial charge in [0.05, 0.1) is 19.3 Å². The van der Waals surface area contributed by atoms with Gasteiger partial charge < -0.3 is 20.5 Å². The minimum Gasteiger partial charge on any atom is -0.467 e. The zero-order chi connectivity index (χ0) is 13.4. The standard InChI is InChI=1S/C11H16ClN5O2/c1-18-11-16-9(12)15-10(17-11)14-7-6(13)5-3-2-4-19-8(5)7/h5-8H,2-4,13H2,1H3,(H,14,15,16,17). The van der Waals surface area contributed by atoms with Crippen LogP contribution in [0.2, 0.25) is 5.28 Å². The van der Waals surface area contributed by atoms with Gasteiger partial charge in [-0.25, -0.2) is 0 Å². The Morgan fingerprint density at radius 2 is 2.26 bits per heavy atom. The number of methoxy groups -OCH3 is 1. The molecule has 1 aromatic rings. The van der Waals surface area contributed by atoms with E-state index in [9.17, 15) is 0 Å². The molecule has 2 aliphatic rings. The van der Waals surface area contributed by atoms with E-state index in [0.717, 1.165) is 19.4 Å². The molecule has 1 saturated carbocycles. The van der Waals surface area contributed by atoms with E-state index in [1.54, 1.807) is 0 Å². The summed E-state index contributed by atoms with van der Waals surface area (Å²) in [6.07, 6.45) is 2.32. The molecule has 19 heavy (non-hydrogen) atoms. The summed E-state index contributed by atoms with van der Waals surface area (Å²) in [5.41, 5.74) is 6.16. The van der Waals surface area contributed by atoms with Crippen molar-refractivity contribution in [3.8, 4) is 6.01 Å². The second-order valence-electron chi connectivity index (χ2n) is 4.80. The van der Waals surface area contributed by atoms with Crippen molar-refractivity contribution < 1.29 is 9.47 Å². The molecule has 3 rings (SSSR count). The zero-order valence-corrected chi connectivity index (χ0v) is 11.3. The van der Waals surface area contributed by atoms with Crippen LogP contribution in [0, 0.1) is 5.92 Å². The Balaban J connectivity index is 1.73. The van der Waals surface area contributed by atoms with Gasteiger partial charge in [-0.05, 0) is 24.4 Å². The highest BCUT2D eigenvalue weighted by Crippen LogP contribution is 2.38. The largest absolute Gasteiger partial charge is 0.467 e. The highest BCUT2D eigenvalue weighted by Gasteiger charge is 2.50. The molecule has 3 N–H and O–H groups in total. The fourth-order valence-corrected chi connectivity index (χ4v) is 2.92. The Hall–Kier alpha value is -1.18. The highest BCUT2D eigenvalue weighted by atomic mass is 35.5. The molecule has 2 fully saturated rings. The molecule has 1 aliphatic heterocycles. The first-order chi connectivity index (χ1) is 9.19. The molecule has 0 bridgehead atoms. The molecule has 0 spiro atoms. The lowest BCUT2D eigenvalue weighted by Crippen LogP contribution is -2.69. The SMILES string of the molecule is COc1nc(Cl)nc(NC2C(N)C3CCCOC32)n1. The maximum Gasteiger partial charge on any atom is 0.322 e. The van der Waals surface area contributed by atoms with Crippen LogP contribution < -0.4 is 15.8 Å². The van der Waals surface area contributed by atoms with Gasteiger partial charge in [-0.3, -0.25) is 0 Å². The molecule has 0 aromatic carbocycles. The van der Waals surface area contributed by atoms with Crippen molar-refractivity contribution in [1.29, 1.82) is 0 Å². The summed E-state index contributed by atoms with van der Waals surface area (Å²) < 4.78 is 10.7. The summed E-state index contributed by atoms with van der Waals surface area (Å²) in [6.45, 7) is 0.785. The van der Waals surface area contributed by atoms with Gasteiger partial charge in [-0.1, -0.05) is 0 Å². The van der Waals surface area contributed by atoms with E-state index in [1.807, 2.05) is 0 Å². The topological polar surface area (TPSA) is 95.2 Å². The summed E-state index contributed by atoms with van der Waals surface area (Å²) in [7, 11) is 1.48. The number of aromatic nitrogens is 3. The van der Waals surface area contributed by atoms with Crippen LogP contribution in [0.15, 0.2) is 0 Å². The summed E-state index contributed by atoms with van der Waals surface area (Å²) in [5.74, 6) is 0.787.